The minimum Gasteiger partial charge on any atom is -0.300 e. The van der Waals surface area contributed by atoms with Crippen LogP contribution < -0.4 is 0 Å². The summed E-state index contributed by atoms with van der Waals surface area (Å²) in [7, 11) is 2.14. The van der Waals surface area contributed by atoms with E-state index in [0.29, 0.717) is 5.92 Å². The second-order valence-electron chi connectivity index (χ2n) is 5.52. The molecule has 3 nitrogen and oxygen atoms in total. The Morgan fingerprint density at radius 3 is 2.29 bits per heavy atom. The fraction of sp³-hybridized carbons (Fsp3) is 0.714. The largest absolute Gasteiger partial charge is 0.300 e. The molecule has 0 aliphatic carbocycles. The molecule has 0 N–H and O–H groups in total. The van der Waals surface area contributed by atoms with Gasteiger partial charge in [0, 0.05) is 6.54 Å². The minimum atomic E-state index is 0.454. The van der Waals surface area contributed by atoms with E-state index in [2.05, 4.69) is 62.0 Å². The molecule has 0 radical (unpaired) electrons. The quantitative estimate of drug-likeness (QED) is 0.758. The summed E-state index contributed by atoms with van der Waals surface area (Å²) < 4.78 is 0. The van der Waals surface area contributed by atoms with E-state index >= 15 is 0 Å². The molecule has 1 aromatic rings. The first kappa shape index (κ1) is 14.1. The van der Waals surface area contributed by atoms with Crippen molar-refractivity contribution in [1.29, 1.82) is 0 Å². The monoisotopic (exact) mass is 235 g/mol. The van der Waals surface area contributed by atoms with Crippen LogP contribution in [-0.2, 0) is 6.54 Å². The Hall–Kier alpha value is -0.960. The van der Waals surface area contributed by atoms with Crippen LogP contribution in [0.1, 0.15) is 51.4 Å². The zero-order chi connectivity index (χ0) is 12.8. The third-order valence-corrected chi connectivity index (χ3v) is 2.85. The summed E-state index contributed by atoms with van der Waals surface area (Å²) in [6.07, 6.45) is 1.23. The fourth-order valence-electron chi connectivity index (χ4n) is 1.60. The Kier molecular flexibility index (Phi) is 5.56. The van der Waals surface area contributed by atoms with Crippen molar-refractivity contribution < 1.29 is 0 Å². The first-order chi connectivity index (χ1) is 7.99. The molecule has 0 aromatic carbocycles. The molecular formula is C14H25N3. The summed E-state index contributed by atoms with van der Waals surface area (Å²) in [5.41, 5.74) is 2.12. The molecule has 3 heteroatoms. The summed E-state index contributed by atoms with van der Waals surface area (Å²) >= 11 is 0. The van der Waals surface area contributed by atoms with Crippen LogP contribution in [0, 0.1) is 5.92 Å². The Labute approximate surface area is 105 Å². The third-order valence-electron chi connectivity index (χ3n) is 2.85. The van der Waals surface area contributed by atoms with Gasteiger partial charge in [-0.2, -0.15) is 10.2 Å². The summed E-state index contributed by atoms with van der Waals surface area (Å²) in [6, 6.07) is 4.18. The van der Waals surface area contributed by atoms with Crippen LogP contribution in [0.4, 0.5) is 0 Å². The van der Waals surface area contributed by atoms with Gasteiger partial charge in [0.05, 0.1) is 11.4 Å². The van der Waals surface area contributed by atoms with Crippen molar-refractivity contribution >= 4 is 0 Å². The van der Waals surface area contributed by atoms with Crippen LogP contribution in [0.2, 0.25) is 0 Å². The second-order valence-corrected chi connectivity index (χ2v) is 5.52. The number of rotatable bonds is 6. The van der Waals surface area contributed by atoms with Crippen molar-refractivity contribution in [3.63, 3.8) is 0 Å². The summed E-state index contributed by atoms with van der Waals surface area (Å²) in [5, 5.41) is 8.53. The average molecular weight is 235 g/mol. The topological polar surface area (TPSA) is 29.0 Å². The molecule has 1 rings (SSSR count). The zero-order valence-corrected chi connectivity index (χ0v) is 11.8. The SMILES string of the molecule is CC(C)CCN(C)Cc1ccc(C(C)C)nn1. The van der Waals surface area contributed by atoms with Crippen molar-refractivity contribution in [3.8, 4) is 0 Å². The number of nitrogens with zero attached hydrogens (tertiary/aromatic N) is 3. The van der Waals surface area contributed by atoms with Crippen molar-refractivity contribution in [1.82, 2.24) is 15.1 Å². The van der Waals surface area contributed by atoms with Gasteiger partial charge in [-0.15, -0.1) is 0 Å². The maximum absolute atomic E-state index is 4.28. The summed E-state index contributed by atoms with van der Waals surface area (Å²) in [6.45, 7) is 10.8. The molecule has 0 saturated heterocycles. The molecule has 1 aromatic heterocycles. The predicted octanol–water partition coefficient (Wildman–Crippen LogP) is 3.08. The lowest BCUT2D eigenvalue weighted by Crippen LogP contribution is -2.21. The van der Waals surface area contributed by atoms with Crippen molar-refractivity contribution in [3.05, 3.63) is 23.5 Å². The molecule has 0 amide bonds. The second kappa shape index (κ2) is 6.70. The van der Waals surface area contributed by atoms with E-state index in [-0.39, 0.29) is 0 Å². The molecular weight excluding hydrogens is 210 g/mol. The van der Waals surface area contributed by atoms with Crippen LogP contribution in [-0.4, -0.2) is 28.7 Å². The Balaban J connectivity index is 2.45. The molecule has 0 spiro atoms. The smallest absolute Gasteiger partial charge is 0.0771 e. The zero-order valence-electron chi connectivity index (χ0n) is 11.8. The van der Waals surface area contributed by atoms with Gasteiger partial charge in [0.1, 0.15) is 0 Å². The highest BCUT2D eigenvalue weighted by Gasteiger charge is 2.05. The number of hydrogen-bond donors (Lipinski definition) is 0. The van der Waals surface area contributed by atoms with Crippen LogP contribution in [0.5, 0.6) is 0 Å². The third kappa shape index (κ3) is 5.26. The molecule has 96 valence electrons. The summed E-state index contributed by atoms with van der Waals surface area (Å²) in [4.78, 5) is 2.30. The van der Waals surface area contributed by atoms with Gasteiger partial charge >= 0.3 is 0 Å². The highest BCUT2D eigenvalue weighted by molar-refractivity contribution is 5.09. The molecule has 0 bridgehead atoms. The van der Waals surface area contributed by atoms with E-state index in [1.807, 2.05) is 0 Å². The van der Waals surface area contributed by atoms with Crippen molar-refractivity contribution in [2.45, 2.75) is 46.6 Å². The van der Waals surface area contributed by atoms with Gasteiger partial charge in [0.15, 0.2) is 0 Å². The molecule has 1 heterocycles. The lowest BCUT2D eigenvalue weighted by Gasteiger charge is -2.17. The molecule has 0 unspecified atom stereocenters. The summed E-state index contributed by atoms with van der Waals surface area (Å²) in [5.74, 6) is 1.21. The Bertz CT molecular complexity index is 317. The molecule has 0 saturated carbocycles. The highest BCUT2D eigenvalue weighted by Crippen LogP contribution is 2.10. The van der Waals surface area contributed by atoms with Gasteiger partial charge in [-0.05, 0) is 44.0 Å². The van der Waals surface area contributed by atoms with Gasteiger partial charge in [-0.25, -0.2) is 0 Å². The maximum atomic E-state index is 4.28. The first-order valence-corrected chi connectivity index (χ1v) is 6.50. The van der Waals surface area contributed by atoms with Gasteiger partial charge in [-0.3, -0.25) is 0 Å². The Morgan fingerprint density at radius 1 is 1.12 bits per heavy atom. The van der Waals surface area contributed by atoms with Crippen molar-refractivity contribution in [2.24, 2.45) is 5.92 Å². The van der Waals surface area contributed by atoms with Crippen LogP contribution in [0.25, 0.3) is 0 Å². The van der Waals surface area contributed by atoms with E-state index in [1.54, 1.807) is 0 Å². The normalized spacial score (nSPS) is 11.8. The van der Waals surface area contributed by atoms with E-state index in [1.165, 1.54) is 6.42 Å². The van der Waals surface area contributed by atoms with E-state index in [9.17, 15) is 0 Å². The predicted molar refractivity (Wildman–Crippen MR) is 71.9 cm³/mol. The number of hydrogen-bond acceptors (Lipinski definition) is 3. The van der Waals surface area contributed by atoms with Crippen LogP contribution >= 0.6 is 0 Å². The molecule has 0 fully saturated rings. The lowest BCUT2D eigenvalue weighted by molar-refractivity contribution is 0.299. The fourth-order valence-corrected chi connectivity index (χ4v) is 1.60. The van der Waals surface area contributed by atoms with Gasteiger partial charge in [0.2, 0.25) is 0 Å². The molecule has 0 aliphatic rings. The van der Waals surface area contributed by atoms with E-state index in [4.69, 9.17) is 0 Å². The van der Waals surface area contributed by atoms with Gasteiger partial charge in [-0.1, -0.05) is 27.7 Å². The standard InChI is InChI=1S/C14H25N3/c1-11(2)8-9-17(5)10-13-6-7-14(12(3)4)16-15-13/h6-7,11-12H,8-10H2,1-5H3. The van der Waals surface area contributed by atoms with E-state index < -0.39 is 0 Å². The van der Waals surface area contributed by atoms with E-state index in [0.717, 1.165) is 30.4 Å². The minimum absolute atomic E-state index is 0.454. The molecule has 0 atom stereocenters. The lowest BCUT2D eigenvalue weighted by atomic mass is 10.1. The molecule has 0 aliphatic heterocycles. The Morgan fingerprint density at radius 2 is 1.82 bits per heavy atom. The average Bonchev–Trinajstić information content (AvgIpc) is 2.27. The van der Waals surface area contributed by atoms with Crippen molar-refractivity contribution in [2.75, 3.05) is 13.6 Å². The van der Waals surface area contributed by atoms with Crippen LogP contribution in [0.3, 0.4) is 0 Å². The number of aromatic nitrogens is 2. The van der Waals surface area contributed by atoms with Crippen LogP contribution in [0.15, 0.2) is 12.1 Å². The van der Waals surface area contributed by atoms with Gasteiger partial charge in [0.25, 0.3) is 0 Å². The molecule has 17 heavy (non-hydrogen) atoms. The first-order valence-electron chi connectivity index (χ1n) is 6.50. The van der Waals surface area contributed by atoms with Gasteiger partial charge < -0.3 is 4.90 Å². The maximum Gasteiger partial charge on any atom is 0.0771 e. The highest BCUT2D eigenvalue weighted by atomic mass is 15.2.